The Morgan fingerprint density at radius 3 is 2.45 bits per heavy atom. The fourth-order valence-electron chi connectivity index (χ4n) is 0.271. The highest BCUT2D eigenvalue weighted by Crippen LogP contribution is 1.88. The molecule has 0 aromatic rings. The summed E-state index contributed by atoms with van der Waals surface area (Å²) in [5.74, 6) is 0. The van der Waals surface area contributed by atoms with Gasteiger partial charge in [-0.2, -0.15) is 8.42 Å². The summed E-state index contributed by atoms with van der Waals surface area (Å²) in [6.07, 6.45) is -0.909. The van der Waals surface area contributed by atoms with Crippen molar-refractivity contribution in [1.82, 2.24) is 4.72 Å². The lowest BCUT2D eigenvalue weighted by molar-refractivity contribution is 0.199. The van der Waals surface area contributed by atoms with Gasteiger partial charge in [0.1, 0.15) is 0 Å². The van der Waals surface area contributed by atoms with Crippen LogP contribution >= 0.6 is 0 Å². The summed E-state index contributed by atoms with van der Waals surface area (Å²) in [5.41, 5.74) is 0. The monoisotopic (exact) mass is 202 g/mol. The van der Waals surface area contributed by atoms with Gasteiger partial charge < -0.3 is 9.66 Å². The molecule has 0 aliphatic rings. The van der Waals surface area contributed by atoms with Crippen LogP contribution in [0.25, 0.3) is 0 Å². The molecule has 6 nitrogen and oxygen atoms in total. The van der Waals surface area contributed by atoms with E-state index in [1.165, 1.54) is 6.92 Å². The van der Waals surface area contributed by atoms with E-state index in [0.29, 0.717) is 0 Å². The van der Waals surface area contributed by atoms with Crippen LogP contribution in [-0.2, 0) is 19.2 Å². The second-order valence-electron chi connectivity index (χ2n) is 1.86. The molecule has 0 saturated heterocycles. The van der Waals surface area contributed by atoms with Crippen LogP contribution in [0.3, 0.4) is 0 Å². The van der Waals surface area contributed by atoms with Gasteiger partial charge in [0, 0.05) is 6.54 Å². The summed E-state index contributed by atoms with van der Waals surface area (Å²) in [7, 11) is -7.48. The zero-order chi connectivity index (χ0) is 9.07. The molecule has 0 aliphatic carbocycles. The fraction of sp³-hybridized carbons (Fsp3) is 1.00. The van der Waals surface area contributed by atoms with Crippen LogP contribution in [-0.4, -0.2) is 34.9 Å². The van der Waals surface area contributed by atoms with E-state index < -0.39 is 25.3 Å². The van der Waals surface area contributed by atoms with Gasteiger partial charge in [-0.1, -0.05) is 0 Å². The first-order chi connectivity index (χ1) is 4.86. The second-order valence-corrected chi connectivity index (χ2v) is 5.59. The predicted molar refractivity (Wildman–Crippen MR) is 37.5 cm³/mol. The van der Waals surface area contributed by atoms with Crippen molar-refractivity contribution in [3.05, 3.63) is 0 Å². The van der Waals surface area contributed by atoms with E-state index in [2.05, 4.69) is 0 Å². The first-order valence-corrected chi connectivity index (χ1v) is 5.71. The van der Waals surface area contributed by atoms with Crippen LogP contribution in [0.2, 0.25) is 0 Å². The molecule has 2 N–H and O–H groups in total. The highest BCUT2D eigenvalue weighted by Gasteiger charge is 2.10. The molecule has 0 aromatic heterocycles. The van der Waals surface area contributed by atoms with Gasteiger partial charge in [0.05, 0.1) is 16.2 Å². The number of aliphatic hydroxyl groups excluding tert-OH is 1. The largest absolute Gasteiger partial charge is 0.759 e. The summed E-state index contributed by atoms with van der Waals surface area (Å²) < 4.78 is 42.3. The van der Waals surface area contributed by atoms with E-state index in [0.717, 1.165) is 0 Å². The molecule has 0 fully saturated rings. The van der Waals surface area contributed by atoms with Crippen molar-refractivity contribution in [2.24, 2.45) is 0 Å². The Bertz CT molecular complexity index is 232. The van der Waals surface area contributed by atoms with Crippen LogP contribution in [0.5, 0.6) is 0 Å². The first kappa shape index (κ1) is 11.0. The van der Waals surface area contributed by atoms with Crippen LogP contribution < -0.4 is 4.72 Å². The maximum Gasteiger partial charge on any atom is 0.280 e. The summed E-state index contributed by atoms with van der Waals surface area (Å²) in [4.78, 5) is 0. The van der Waals surface area contributed by atoms with E-state index in [1.54, 1.807) is 4.72 Å². The molecule has 0 aromatic carbocycles. The molecule has 11 heavy (non-hydrogen) atoms. The maximum absolute atomic E-state index is 10.4. The van der Waals surface area contributed by atoms with Gasteiger partial charge >= 0.3 is 0 Å². The summed E-state index contributed by atoms with van der Waals surface area (Å²) in [6, 6.07) is 0. The minimum Gasteiger partial charge on any atom is -0.759 e. The molecule has 0 aliphatic heterocycles. The van der Waals surface area contributed by atoms with Gasteiger partial charge in [-0.15, -0.1) is 0 Å². The average Bonchev–Trinajstić information content (AvgIpc) is 1.84. The molecule has 8 heteroatoms. The number of hydrogen-bond acceptors (Lipinski definition) is 5. The Labute approximate surface area is 66.4 Å². The molecule has 2 unspecified atom stereocenters. The fourth-order valence-corrected chi connectivity index (χ4v) is 1.31. The van der Waals surface area contributed by atoms with Gasteiger partial charge in [-0.25, -0.2) is 4.72 Å². The average molecular weight is 202 g/mol. The quantitative estimate of drug-likeness (QED) is 0.408. The van der Waals surface area contributed by atoms with Crippen molar-refractivity contribution < 1.29 is 22.3 Å². The number of hydrogen-bond donors (Lipinski definition) is 2. The van der Waals surface area contributed by atoms with Crippen molar-refractivity contribution >= 4 is 19.2 Å². The molecular formula is C3H8NO5S2-. The molecule has 0 amide bonds. The van der Waals surface area contributed by atoms with Crippen LogP contribution in [0.1, 0.15) is 6.92 Å². The molecule has 0 rings (SSSR count). The van der Waals surface area contributed by atoms with Gasteiger partial charge in [-0.05, 0) is 6.92 Å². The van der Waals surface area contributed by atoms with E-state index >= 15 is 0 Å². The second kappa shape index (κ2) is 4.12. The third-order valence-corrected chi connectivity index (χ3v) is 3.04. The van der Waals surface area contributed by atoms with Gasteiger partial charge in [0.2, 0.25) is 0 Å². The van der Waals surface area contributed by atoms with Crippen molar-refractivity contribution in [2.75, 3.05) is 6.54 Å². The highest BCUT2D eigenvalue weighted by atomic mass is 33.2. The summed E-state index contributed by atoms with van der Waals surface area (Å²) >= 11 is 0. The van der Waals surface area contributed by atoms with Crippen molar-refractivity contribution in [3.63, 3.8) is 0 Å². The highest BCUT2D eigenvalue weighted by molar-refractivity contribution is 8.61. The molecule has 0 spiro atoms. The lowest BCUT2D eigenvalue weighted by atomic mass is 10.4. The predicted octanol–water partition coefficient (Wildman–Crippen LogP) is -1.92. The van der Waals surface area contributed by atoms with Crippen molar-refractivity contribution in [3.8, 4) is 0 Å². The van der Waals surface area contributed by atoms with Crippen molar-refractivity contribution in [1.29, 1.82) is 0 Å². The minimum absolute atomic E-state index is 0.309. The Morgan fingerprint density at radius 1 is 1.73 bits per heavy atom. The Balaban J connectivity index is 4.06. The lowest BCUT2D eigenvalue weighted by Crippen LogP contribution is -2.32. The lowest BCUT2D eigenvalue weighted by Gasteiger charge is -2.08. The molecule has 68 valence electrons. The normalized spacial score (nSPS) is 17.7. The van der Waals surface area contributed by atoms with E-state index in [-0.39, 0.29) is 6.54 Å². The summed E-state index contributed by atoms with van der Waals surface area (Å²) in [5, 5.41) is 8.57. The topological polar surface area (TPSA) is 107 Å². The number of aliphatic hydroxyl groups is 1. The van der Waals surface area contributed by atoms with Gasteiger partial charge in [-0.3, -0.25) is 4.21 Å². The smallest absolute Gasteiger partial charge is 0.280 e. The van der Waals surface area contributed by atoms with Crippen molar-refractivity contribution in [2.45, 2.75) is 13.0 Å². The standard InChI is InChI=1S/C3H9NO5S2/c1-3(5)2-4-11(8,9)10(6)7/h3-5H,2H2,1H3,(H,6,7)/p-1. The molecule has 2 atom stereocenters. The molecule has 0 heterocycles. The summed E-state index contributed by atoms with van der Waals surface area (Å²) in [6.45, 7) is 1.02. The third-order valence-electron chi connectivity index (χ3n) is 0.735. The van der Waals surface area contributed by atoms with Gasteiger partial charge in [0.15, 0.2) is 0 Å². The molecule has 0 saturated carbocycles. The number of rotatable bonds is 4. The van der Waals surface area contributed by atoms with Crippen LogP contribution in [0.4, 0.5) is 0 Å². The van der Waals surface area contributed by atoms with Crippen LogP contribution in [0, 0.1) is 0 Å². The van der Waals surface area contributed by atoms with E-state index in [4.69, 9.17) is 5.11 Å². The van der Waals surface area contributed by atoms with E-state index in [9.17, 15) is 17.2 Å². The minimum atomic E-state index is -4.29. The first-order valence-electron chi connectivity index (χ1n) is 2.63. The molecule has 0 radical (unpaired) electrons. The Kier molecular flexibility index (Phi) is 4.11. The van der Waals surface area contributed by atoms with Crippen LogP contribution in [0.15, 0.2) is 0 Å². The Morgan fingerprint density at radius 2 is 2.18 bits per heavy atom. The zero-order valence-electron chi connectivity index (χ0n) is 5.68. The number of nitrogens with one attached hydrogen (secondary N) is 1. The third kappa shape index (κ3) is 4.43. The van der Waals surface area contributed by atoms with E-state index in [1.807, 2.05) is 0 Å². The molecule has 0 bridgehead atoms. The molecular weight excluding hydrogens is 194 g/mol. The van der Waals surface area contributed by atoms with Gasteiger partial charge in [0.25, 0.3) is 9.06 Å². The zero-order valence-corrected chi connectivity index (χ0v) is 7.31. The maximum atomic E-state index is 10.4. The Hall–Kier alpha value is -0.0200. The SMILES string of the molecule is CC(O)CNS(=O)(=O)S(=O)[O-].